The van der Waals surface area contributed by atoms with Crippen LogP contribution in [0.4, 0.5) is 0 Å². The molecule has 0 aliphatic carbocycles. The summed E-state index contributed by atoms with van der Waals surface area (Å²) in [5, 5.41) is 0. The average Bonchev–Trinajstić information content (AvgIpc) is 2.66. The first-order chi connectivity index (χ1) is 13.2. The number of phosphoric ester groups is 1. The first kappa shape index (κ1) is 27.1. The van der Waals surface area contributed by atoms with Crippen LogP contribution in [0.2, 0.25) is 0 Å². The summed E-state index contributed by atoms with van der Waals surface area (Å²) in [6.07, 6.45) is 19.0. The van der Waals surface area contributed by atoms with Crippen molar-refractivity contribution in [1.82, 2.24) is 0 Å². The predicted octanol–water partition coefficient (Wildman–Crippen LogP) is 8.45. The number of rotatable bonds is 22. The van der Waals surface area contributed by atoms with Gasteiger partial charge in [-0.1, -0.05) is 104 Å². The van der Waals surface area contributed by atoms with E-state index in [1.54, 1.807) is 0 Å². The van der Waals surface area contributed by atoms with Gasteiger partial charge in [-0.05, 0) is 19.3 Å². The standard InChI is InChI=1S/C22H47O4P/c1-4-7-10-12-13-14-15-16-17-19-22-26-27(23,24-20-9-6-3)25-21-18-11-8-5-2/h4-22H2,1-3H3. The summed E-state index contributed by atoms with van der Waals surface area (Å²) in [6, 6.07) is 0. The molecule has 0 saturated carbocycles. The van der Waals surface area contributed by atoms with Crippen molar-refractivity contribution >= 4 is 7.82 Å². The molecule has 1 unspecified atom stereocenters. The van der Waals surface area contributed by atoms with Gasteiger partial charge >= 0.3 is 7.82 Å². The lowest BCUT2D eigenvalue weighted by molar-refractivity contribution is 0.109. The third-order valence-corrected chi connectivity index (χ3v) is 6.24. The van der Waals surface area contributed by atoms with Gasteiger partial charge < -0.3 is 0 Å². The summed E-state index contributed by atoms with van der Waals surface area (Å²) < 4.78 is 29.3. The van der Waals surface area contributed by atoms with Gasteiger partial charge in [0.15, 0.2) is 0 Å². The SMILES string of the molecule is CCCCCCCCCCCCOP(=O)(OCCCC)OCCCCCC. The molecule has 0 aliphatic heterocycles. The fourth-order valence-corrected chi connectivity index (χ4v) is 4.19. The van der Waals surface area contributed by atoms with Crippen LogP contribution in [0.3, 0.4) is 0 Å². The number of hydrogen-bond donors (Lipinski definition) is 0. The highest BCUT2D eigenvalue weighted by molar-refractivity contribution is 7.48. The highest BCUT2D eigenvalue weighted by atomic mass is 31.2. The topological polar surface area (TPSA) is 44.8 Å². The van der Waals surface area contributed by atoms with Gasteiger partial charge in [-0.15, -0.1) is 0 Å². The van der Waals surface area contributed by atoms with E-state index in [4.69, 9.17) is 13.6 Å². The Bertz CT molecular complexity index is 336. The zero-order chi connectivity index (χ0) is 20.1. The molecule has 0 spiro atoms. The summed E-state index contributed by atoms with van der Waals surface area (Å²) in [4.78, 5) is 0. The number of phosphoric acid groups is 1. The van der Waals surface area contributed by atoms with E-state index in [0.29, 0.717) is 19.8 Å². The molecule has 0 fully saturated rings. The van der Waals surface area contributed by atoms with Gasteiger partial charge in [-0.2, -0.15) is 0 Å². The van der Waals surface area contributed by atoms with Crippen LogP contribution in [-0.2, 0) is 18.1 Å². The summed E-state index contributed by atoms with van der Waals surface area (Å²) >= 11 is 0. The van der Waals surface area contributed by atoms with Gasteiger partial charge in [0.05, 0.1) is 19.8 Å². The maximum Gasteiger partial charge on any atom is 0.474 e. The van der Waals surface area contributed by atoms with E-state index in [1.165, 1.54) is 64.2 Å². The summed E-state index contributed by atoms with van der Waals surface area (Å²) in [5.41, 5.74) is 0. The van der Waals surface area contributed by atoms with Crippen LogP contribution in [0, 0.1) is 0 Å². The first-order valence-electron chi connectivity index (χ1n) is 11.7. The van der Waals surface area contributed by atoms with Crippen molar-refractivity contribution in [3.05, 3.63) is 0 Å². The predicted molar refractivity (Wildman–Crippen MR) is 116 cm³/mol. The molecule has 0 heterocycles. The second-order valence-corrected chi connectivity index (χ2v) is 9.21. The zero-order valence-electron chi connectivity index (χ0n) is 18.5. The molecule has 0 amide bonds. The number of unbranched alkanes of at least 4 members (excludes halogenated alkanes) is 13. The Morgan fingerprint density at radius 2 is 0.741 bits per heavy atom. The van der Waals surface area contributed by atoms with Crippen molar-refractivity contribution < 1.29 is 18.1 Å². The Morgan fingerprint density at radius 3 is 1.15 bits per heavy atom. The minimum atomic E-state index is -3.37. The molecule has 0 bridgehead atoms. The Labute approximate surface area is 169 Å². The van der Waals surface area contributed by atoms with Crippen molar-refractivity contribution in [2.45, 2.75) is 124 Å². The molecule has 1 atom stereocenters. The normalized spacial score (nSPS) is 13.7. The molecule has 0 aromatic heterocycles. The maximum absolute atomic E-state index is 12.7. The number of hydrogen-bond acceptors (Lipinski definition) is 4. The van der Waals surface area contributed by atoms with E-state index in [-0.39, 0.29) is 0 Å². The quantitative estimate of drug-likeness (QED) is 0.134. The largest absolute Gasteiger partial charge is 0.474 e. The fraction of sp³-hybridized carbons (Fsp3) is 1.00. The van der Waals surface area contributed by atoms with Gasteiger partial charge in [0, 0.05) is 0 Å². The van der Waals surface area contributed by atoms with Gasteiger partial charge in [0.25, 0.3) is 0 Å². The van der Waals surface area contributed by atoms with Crippen molar-refractivity contribution in [3.63, 3.8) is 0 Å². The highest BCUT2D eigenvalue weighted by Crippen LogP contribution is 2.49. The molecule has 164 valence electrons. The molecule has 0 saturated heterocycles. The summed E-state index contributed by atoms with van der Waals surface area (Å²) in [5.74, 6) is 0. The second kappa shape index (κ2) is 20.8. The molecule has 0 aromatic rings. The third-order valence-electron chi connectivity index (χ3n) is 4.74. The van der Waals surface area contributed by atoms with E-state index in [1.807, 2.05) is 0 Å². The molecule has 0 N–H and O–H groups in total. The minimum absolute atomic E-state index is 0.445. The van der Waals surface area contributed by atoms with Crippen LogP contribution in [-0.4, -0.2) is 19.8 Å². The molecule has 0 aromatic carbocycles. The van der Waals surface area contributed by atoms with Gasteiger partial charge in [0.1, 0.15) is 0 Å². The van der Waals surface area contributed by atoms with Crippen LogP contribution in [0.1, 0.15) is 124 Å². The zero-order valence-corrected chi connectivity index (χ0v) is 19.4. The molecule has 27 heavy (non-hydrogen) atoms. The van der Waals surface area contributed by atoms with E-state index in [9.17, 15) is 4.57 Å². The second-order valence-electron chi connectivity index (χ2n) is 7.54. The lowest BCUT2D eigenvalue weighted by Crippen LogP contribution is -2.04. The molecule has 0 radical (unpaired) electrons. The minimum Gasteiger partial charge on any atom is -0.287 e. The van der Waals surface area contributed by atoms with Crippen molar-refractivity contribution in [2.75, 3.05) is 19.8 Å². The van der Waals surface area contributed by atoms with Crippen LogP contribution in [0.5, 0.6) is 0 Å². The Hall–Kier alpha value is 0.110. The average molecular weight is 407 g/mol. The summed E-state index contributed by atoms with van der Waals surface area (Å²) in [7, 11) is -3.37. The van der Waals surface area contributed by atoms with Gasteiger partial charge in [-0.25, -0.2) is 4.57 Å². The van der Waals surface area contributed by atoms with E-state index >= 15 is 0 Å². The van der Waals surface area contributed by atoms with Crippen LogP contribution >= 0.6 is 7.82 Å². The fourth-order valence-electron chi connectivity index (χ4n) is 2.90. The molecule has 0 aliphatic rings. The lowest BCUT2D eigenvalue weighted by Gasteiger charge is -2.18. The molecule has 4 nitrogen and oxygen atoms in total. The lowest BCUT2D eigenvalue weighted by atomic mass is 10.1. The van der Waals surface area contributed by atoms with Crippen molar-refractivity contribution in [3.8, 4) is 0 Å². The Kier molecular flexibility index (Phi) is 20.9. The van der Waals surface area contributed by atoms with E-state index in [2.05, 4.69) is 20.8 Å². The summed E-state index contributed by atoms with van der Waals surface area (Å²) in [6.45, 7) is 7.89. The smallest absolute Gasteiger partial charge is 0.287 e. The third kappa shape index (κ3) is 19.2. The van der Waals surface area contributed by atoms with E-state index < -0.39 is 7.82 Å². The monoisotopic (exact) mass is 406 g/mol. The Morgan fingerprint density at radius 1 is 0.444 bits per heavy atom. The van der Waals surface area contributed by atoms with Gasteiger partial charge in [-0.3, -0.25) is 13.6 Å². The van der Waals surface area contributed by atoms with Crippen LogP contribution < -0.4 is 0 Å². The van der Waals surface area contributed by atoms with Crippen molar-refractivity contribution in [2.24, 2.45) is 0 Å². The molecule has 5 heteroatoms. The molecular weight excluding hydrogens is 359 g/mol. The van der Waals surface area contributed by atoms with Gasteiger partial charge in [0.2, 0.25) is 0 Å². The molecular formula is C22H47O4P. The maximum atomic E-state index is 12.7. The first-order valence-corrected chi connectivity index (χ1v) is 13.2. The van der Waals surface area contributed by atoms with E-state index in [0.717, 1.165) is 38.5 Å². The van der Waals surface area contributed by atoms with Crippen LogP contribution in [0.15, 0.2) is 0 Å². The Balaban J connectivity index is 3.78. The van der Waals surface area contributed by atoms with Crippen LogP contribution in [0.25, 0.3) is 0 Å². The van der Waals surface area contributed by atoms with Crippen molar-refractivity contribution in [1.29, 1.82) is 0 Å². The molecule has 0 rings (SSSR count). The highest BCUT2D eigenvalue weighted by Gasteiger charge is 2.25.